The van der Waals surface area contributed by atoms with E-state index < -0.39 is 0 Å². The molecule has 1 aromatic carbocycles. The van der Waals surface area contributed by atoms with Crippen LogP contribution < -0.4 is 10.1 Å². The number of likely N-dealkylation sites (tertiary alicyclic amines) is 1. The Balaban J connectivity index is 1.81. The molecule has 1 atom stereocenters. The van der Waals surface area contributed by atoms with E-state index in [-0.39, 0.29) is 23.9 Å². The van der Waals surface area contributed by atoms with Gasteiger partial charge in [-0.25, -0.2) is 0 Å². The molecular formula is C19H29N3O3. The Hall–Kier alpha value is -2.08. The number of methoxy groups -OCH3 is 1. The number of nitrogens with zero attached hydrogens (tertiary/aromatic N) is 2. The van der Waals surface area contributed by atoms with Crippen LogP contribution in [0.5, 0.6) is 5.75 Å². The average molecular weight is 347 g/mol. The minimum atomic E-state index is -0.172. The summed E-state index contributed by atoms with van der Waals surface area (Å²) in [5.74, 6) is 0.917. The first-order valence-corrected chi connectivity index (χ1v) is 8.80. The van der Waals surface area contributed by atoms with Gasteiger partial charge in [-0.1, -0.05) is 12.1 Å². The van der Waals surface area contributed by atoms with Gasteiger partial charge in [0.2, 0.25) is 11.8 Å². The summed E-state index contributed by atoms with van der Waals surface area (Å²) in [6.07, 6.45) is 1.81. The number of amides is 2. The molecule has 0 spiro atoms. The lowest BCUT2D eigenvalue weighted by molar-refractivity contribution is -0.132. The number of piperidine rings is 1. The van der Waals surface area contributed by atoms with Crippen LogP contribution in [0.25, 0.3) is 0 Å². The van der Waals surface area contributed by atoms with Crippen LogP contribution in [0.2, 0.25) is 0 Å². The van der Waals surface area contributed by atoms with E-state index in [1.54, 1.807) is 14.0 Å². The van der Waals surface area contributed by atoms with Crippen molar-refractivity contribution in [1.82, 2.24) is 15.1 Å². The van der Waals surface area contributed by atoms with Crippen molar-refractivity contribution in [2.45, 2.75) is 45.3 Å². The van der Waals surface area contributed by atoms with Crippen molar-refractivity contribution in [3.05, 3.63) is 29.8 Å². The monoisotopic (exact) mass is 347 g/mol. The van der Waals surface area contributed by atoms with Crippen LogP contribution in [0.4, 0.5) is 0 Å². The van der Waals surface area contributed by atoms with E-state index in [1.165, 1.54) is 0 Å². The second-order valence-electron chi connectivity index (χ2n) is 6.64. The molecule has 6 nitrogen and oxygen atoms in total. The smallest absolute Gasteiger partial charge is 0.237 e. The summed E-state index contributed by atoms with van der Waals surface area (Å²) in [6.45, 7) is 5.69. The third kappa shape index (κ3) is 5.19. The van der Waals surface area contributed by atoms with Gasteiger partial charge in [-0.3, -0.25) is 14.5 Å². The summed E-state index contributed by atoms with van der Waals surface area (Å²) in [4.78, 5) is 27.9. The fraction of sp³-hybridized carbons (Fsp3) is 0.579. The first-order valence-electron chi connectivity index (χ1n) is 8.80. The Morgan fingerprint density at radius 3 is 2.64 bits per heavy atom. The SMILES string of the molecule is COc1cccc(CNC(=O)C(C)N2CCC(N(C)C(C)=O)CC2)c1. The largest absolute Gasteiger partial charge is 0.497 e. The van der Waals surface area contributed by atoms with Crippen molar-refractivity contribution < 1.29 is 14.3 Å². The Bertz CT molecular complexity index is 597. The van der Waals surface area contributed by atoms with E-state index in [2.05, 4.69) is 10.2 Å². The lowest BCUT2D eigenvalue weighted by atomic mass is 10.0. The summed E-state index contributed by atoms with van der Waals surface area (Å²) in [5.41, 5.74) is 1.02. The van der Waals surface area contributed by atoms with Gasteiger partial charge >= 0.3 is 0 Å². The van der Waals surface area contributed by atoms with Gasteiger partial charge in [-0.15, -0.1) is 0 Å². The summed E-state index contributed by atoms with van der Waals surface area (Å²) in [7, 11) is 3.49. The number of hydrogen-bond acceptors (Lipinski definition) is 4. The van der Waals surface area contributed by atoms with E-state index in [9.17, 15) is 9.59 Å². The fourth-order valence-electron chi connectivity index (χ4n) is 3.20. The molecule has 1 aliphatic rings. The van der Waals surface area contributed by atoms with E-state index in [0.717, 1.165) is 37.2 Å². The molecule has 2 amide bonds. The van der Waals surface area contributed by atoms with Crippen LogP contribution >= 0.6 is 0 Å². The molecule has 0 bridgehead atoms. The van der Waals surface area contributed by atoms with Gasteiger partial charge in [0.1, 0.15) is 5.75 Å². The number of carbonyl (C=O) groups is 2. The zero-order valence-electron chi connectivity index (χ0n) is 15.6. The molecule has 1 unspecified atom stereocenters. The van der Waals surface area contributed by atoms with Crippen LogP contribution in [0.15, 0.2) is 24.3 Å². The van der Waals surface area contributed by atoms with Crippen molar-refractivity contribution in [3.8, 4) is 5.75 Å². The summed E-state index contributed by atoms with van der Waals surface area (Å²) in [6, 6.07) is 7.80. The highest BCUT2D eigenvalue weighted by molar-refractivity contribution is 5.81. The predicted octanol–water partition coefficient (Wildman–Crippen LogP) is 1.64. The Labute approximate surface area is 150 Å². The molecule has 6 heteroatoms. The highest BCUT2D eigenvalue weighted by Crippen LogP contribution is 2.18. The molecule has 2 rings (SSSR count). The third-order valence-electron chi connectivity index (χ3n) is 5.07. The van der Waals surface area contributed by atoms with E-state index in [4.69, 9.17) is 4.74 Å². The Morgan fingerprint density at radius 1 is 1.36 bits per heavy atom. The first-order chi connectivity index (χ1) is 11.9. The fourth-order valence-corrected chi connectivity index (χ4v) is 3.20. The second kappa shape index (κ2) is 8.85. The molecule has 1 aliphatic heterocycles. The number of hydrogen-bond donors (Lipinski definition) is 1. The highest BCUT2D eigenvalue weighted by atomic mass is 16.5. The minimum absolute atomic E-state index is 0.0289. The van der Waals surface area contributed by atoms with Crippen molar-refractivity contribution in [2.24, 2.45) is 0 Å². The molecule has 1 saturated heterocycles. The van der Waals surface area contributed by atoms with E-state index in [0.29, 0.717) is 6.54 Å². The molecule has 25 heavy (non-hydrogen) atoms. The lowest BCUT2D eigenvalue weighted by Crippen LogP contribution is -2.51. The normalized spacial score (nSPS) is 17.0. The van der Waals surface area contributed by atoms with Gasteiger partial charge in [-0.2, -0.15) is 0 Å². The van der Waals surface area contributed by atoms with Crippen molar-refractivity contribution in [1.29, 1.82) is 0 Å². The van der Waals surface area contributed by atoms with Crippen molar-refractivity contribution in [2.75, 3.05) is 27.2 Å². The topological polar surface area (TPSA) is 61.9 Å². The third-order valence-corrected chi connectivity index (χ3v) is 5.07. The number of nitrogens with one attached hydrogen (secondary N) is 1. The van der Waals surface area contributed by atoms with E-state index in [1.807, 2.05) is 43.1 Å². The number of rotatable bonds is 6. The summed E-state index contributed by atoms with van der Waals surface area (Å²) in [5, 5.41) is 3.00. The molecule has 0 radical (unpaired) electrons. The summed E-state index contributed by atoms with van der Waals surface area (Å²) < 4.78 is 5.20. The van der Waals surface area contributed by atoms with Gasteiger partial charge in [0.15, 0.2) is 0 Å². The molecule has 1 N–H and O–H groups in total. The molecule has 0 aromatic heterocycles. The zero-order chi connectivity index (χ0) is 18.4. The van der Waals surface area contributed by atoms with Gasteiger partial charge in [0.05, 0.1) is 13.2 Å². The highest BCUT2D eigenvalue weighted by Gasteiger charge is 2.28. The zero-order valence-corrected chi connectivity index (χ0v) is 15.6. The quantitative estimate of drug-likeness (QED) is 0.850. The first kappa shape index (κ1) is 19.2. The Morgan fingerprint density at radius 2 is 2.04 bits per heavy atom. The molecule has 1 aromatic rings. The standard InChI is InChI=1S/C19H29N3O3/c1-14(22-10-8-17(9-11-22)21(3)15(2)23)19(24)20-13-16-6-5-7-18(12-16)25-4/h5-7,12,14,17H,8-11,13H2,1-4H3,(H,20,24). The van der Waals surface area contributed by atoms with Crippen molar-refractivity contribution >= 4 is 11.8 Å². The van der Waals surface area contributed by atoms with Gasteiger partial charge < -0.3 is 15.0 Å². The summed E-state index contributed by atoms with van der Waals surface area (Å²) >= 11 is 0. The maximum Gasteiger partial charge on any atom is 0.237 e. The maximum absolute atomic E-state index is 12.4. The van der Waals surface area contributed by atoms with Crippen LogP contribution in [-0.2, 0) is 16.1 Å². The molecule has 0 aliphatic carbocycles. The molecule has 0 saturated carbocycles. The van der Waals surface area contributed by atoms with Crippen LogP contribution in [0, 0.1) is 0 Å². The van der Waals surface area contributed by atoms with Gasteiger partial charge in [0, 0.05) is 39.6 Å². The number of ether oxygens (including phenoxy) is 1. The molecule has 138 valence electrons. The van der Waals surface area contributed by atoms with E-state index >= 15 is 0 Å². The van der Waals surface area contributed by atoms with Crippen molar-refractivity contribution in [3.63, 3.8) is 0 Å². The molecule has 1 fully saturated rings. The minimum Gasteiger partial charge on any atom is -0.497 e. The van der Waals surface area contributed by atoms with Crippen LogP contribution in [0.3, 0.4) is 0 Å². The van der Waals surface area contributed by atoms with Gasteiger partial charge in [-0.05, 0) is 37.5 Å². The number of benzene rings is 1. The van der Waals surface area contributed by atoms with Crippen LogP contribution in [0.1, 0.15) is 32.3 Å². The second-order valence-corrected chi connectivity index (χ2v) is 6.64. The Kier molecular flexibility index (Phi) is 6.82. The molecular weight excluding hydrogens is 318 g/mol. The average Bonchev–Trinajstić information content (AvgIpc) is 2.65. The number of carbonyl (C=O) groups excluding carboxylic acids is 2. The lowest BCUT2D eigenvalue weighted by Gasteiger charge is -2.38. The van der Waals surface area contributed by atoms with Crippen LogP contribution in [-0.4, -0.2) is 60.9 Å². The predicted molar refractivity (Wildman–Crippen MR) is 97.3 cm³/mol. The van der Waals surface area contributed by atoms with Gasteiger partial charge in [0.25, 0.3) is 0 Å². The maximum atomic E-state index is 12.4. The molecule has 1 heterocycles.